The van der Waals surface area contributed by atoms with Gasteiger partial charge in [-0.05, 0) is 18.6 Å². The molecule has 1 N–H and O–H groups in total. The fraction of sp³-hybridized carbons (Fsp3) is 0.333. The maximum absolute atomic E-state index is 13.1. The van der Waals surface area contributed by atoms with Crippen LogP contribution in [0, 0.1) is 11.6 Å². The second-order valence-corrected chi connectivity index (χ2v) is 5.28. The first-order chi connectivity index (χ1) is 7.46. The SMILES string of the molecule is O=S(=O)(CCCCl)Nc1cccc(F)c1F. The first kappa shape index (κ1) is 13.2. The molecule has 16 heavy (non-hydrogen) atoms. The van der Waals surface area contributed by atoms with Crippen LogP contribution in [0.4, 0.5) is 14.5 Å². The van der Waals surface area contributed by atoms with Crippen LogP contribution in [0.25, 0.3) is 0 Å². The predicted molar refractivity (Wildman–Crippen MR) is 59.1 cm³/mol. The quantitative estimate of drug-likeness (QED) is 0.834. The number of anilines is 1. The zero-order valence-electron chi connectivity index (χ0n) is 8.21. The number of rotatable bonds is 5. The van der Waals surface area contributed by atoms with Gasteiger partial charge in [0.1, 0.15) is 0 Å². The zero-order valence-corrected chi connectivity index (χ0v) is 9.78. The van der Waals surface area contributed by atoms with E-state index in [1.807, 2.05) is 4.72 Å². The summed E-state index contributed by atoms with van der Waals surface area (Å²) in [6, 6.07) is 3.28. The lowest BCUT2D eigenvalue weighted by Crippen LogP contribution is -2.18. The molecule has 0 fully saturated rings. The molecule has 90 valence electrons. The molecule has 0 bridgehead atoms. The lowest BCUT2D eigenvalue weighted by Gasteiger charge is -2.08. The molecule has 1 aromatic carbocycles. The first-order valence-electron chi connectivity index (χ1n) is 4.47. The second-order valence-electron chi connectivity index (χ2n) is 3.06. The summed E-state index contributed by atoms with van der Waals surface area (Å²) < 4.78 is 50.6. The Hall–Kier alpha value is -0.880. The van der Waals surface area contributed by atoms with Gasteiger partial charge in [-0.3, -0.25) is 4.72 Å². The van der Waals surface area contributed by atoms with Crippen LogP contribution in [0.5, 0.6) is 0 Å². The zero-order chi connectivity index (χ0) is 12.2. The van der Waals surface area contributed by atoms with Crippen molar-refractivity contribution >= 4 is 27.3 Å². The number of halogens is 3. The molecule has 1 rings (SSSR count). The van der Waals surface area contributed by atoms with Crippen molar-refractivity contribution in [1.82, 2.24) is 0 Å². The number of benzene rings is 1. The van der Waals surface area contributed by atoms with E-state index in [-0.39, 0.29) is 18.1 Å². The molecule has 0 unspecified atom stereocenters. The van der Waals surface area contributed by atoms with Crippen molar-refractivity contribution in [2.75, 3.05) is 16.4 Å². The summed E-state index contributed by atoms with van der Waals surface area (Å²) in [6.07, 6.45) is 0.244. The molecular weight excluding hydrogens is 260 g/mol. The van der Waals surface area contributed by atoms with E-state index in [2.05, 4.69) is 0 Å². The van der Waals surface area contributed by atoms with Crippen LogP contribution in [0.15, 0.2) is 18.2 Å². The average Bonchev–Trinajstić information content (AvgIpc) is 2.22. The minimum atomic E-state index is -3.68. The van der Waals surface area contributed by atoms with Gasteiger partial charge in [0.05, 0.1) is 11.4 Å². The van der Waals surface area contributed by atoms with E-state index in [1.165, 1.54) is 6.07 Å². The van der Waals surface area contributed by atoms with Gasteiger partial charge >= 0.3 is 0 Å². The summed E-state index contributed by atoms with van der Waals surface area (Å²) in [6.45, 7) is 0. The van der Waals surface area contributed by atoms with Crippen molar-refractivity contribution in [1.29, 1.82) is 0 Å². The Bertz CT molecular complexity index is 465. The highest BCUT2D eigenvalue weighted by molar-refractivity contribution is 7.92. The van der Waals surface area contributed by atoms with Gasteiger partial charge in [0, 0.05) is 5.88 Å². The third-order valence-electron chi connectivity index (χ3n) is 1.76. The number of nitrogens with one attached hydrogen (secondary N) is 1. The molecule has 0 atom stereocenters. The first-order valence-corrected chi connectivity index (χ1v) is 6.65. The van der Waals surface area contributed by atoms with E-state index in [1.54, 1.807) is 0 Å². The lowest BCUT2D eigenvalue weighted by atomic mass is 10.3. The van der Waals surface area contributed by atoms with Crippen LogP contribution in [0.3, 0.4) is 0 Å². The van der Waals surface area contributed by atoms with Gasteiger partial charge in [0.15, 0.2) is 11.6 Å². The molecule has 0 heterocycles. The van der Waals surface area contributed by atoms with Crippen molar-refractivity contribution in [3.63, 3.8) is 0 Å². The number of hydrogen-bond donors (Lipinski definition) is 1. The Morgan fingerprint density at radius 1 is 1.31 bits per heavy atom. The Kier molecular flexibility index (Phi) is 4.49. The number of hydrogen-bond acceptors (Lipinski definition) is 2. The Morgan fingerprint density at radius 2 is 2.00 bits per heavy atom. The highest BCUT2D eigenvalue weighted by atomic mass is 35.5. The van der Waals surface area contributed by atoms with E-state index >= 15 is 0 Å². The second kappa shape index (κ2) is 5.45. The fourth-order valence-electron chi connectivity index (χ4n) is 1.05. The van der Waals surface area contributed by atoms with Crippen molar-refractivity contribution < 1.29 is 17.2 Å². The molecule has 0 saturated carbocycles. The largest absolute Gasteiger partial charge is 0.280 e. The molecule has 3 nitrogen and oxygen atoms in total. The molecule has 0 aromatic heterocycles. The van der Waals surface area contributed by atoms with Gasteiger partial charge < -0.3 is 0 Å². The van der Waals surface area contributed by atoms with E-state index < -0.39 is 27.3 Å². The average molecular weight is 270 g/mol. The topological polar surface area (TPSA) is 46.2 Å². The lowest BCUT2D eigenvalue weighted by molar-refractivity contribution is 0.511. The van der Waals surface area contributed by atoms with Gasteiger partial charge in [0.2, 0.25) is 10.0 Å². The molecule has 0 aliphatic heterocycles. The van der Waals surface area contributed by atoms with Gasteiger partial charge in [-0.1, -0.05) is 6.07 Å². The standard InChI is InChI=1S/C9H10ClF2NO2S/c10-5-2-6-16(14,15)13-8-4-1-3-7(11)9(8)12/h1,3-4,13H,2,5-6H2. The van der Waals surface area contributed by atoms with Crippen molar-refractivity contribution in [2.24, 2.45) is 0 Å². The van der Waals surface area contributed by atoms with Crippen molar-refractivity contribution in [2.45, 2.75) is 6.42 Å². The van der Waals surface area contributed by atoms with Crippen LogP contribution in [-0.4, -0.2) is 20.1 Å². The predicted octanol–water partition coefficient (Wildman–Crippen LogP) is 2.34. The molecule has 0 aliphatic carbocycles. The Morgan fingerprint density at radius 3 is 2.62 bits per heavy atom. The number of sulfonamides is 1. The van der Waals surface area contributed by atoms with Crippen LogP contribution in [0.2, 0.25) is 0 Å². The molecule has 0 saturated heterocycles. The highest BCUT2D eigenvalue weighted by Gasteiger charge is 2.14. The summed E-state index contributed by atoms with van der Waals surface area (Å²) in [7, 11) is -3.68. The Balaban J connectivity index is 2.84. The van der Waals surface area contributed by atoms with Crippen LogP contribution >= 0.6 is 11.6 Å². The molecule has 0 aliphatic rings. The van der Waals surface area contributed by atoms with E-state index in [4.69, 9.17) is 11.6 Å². The van der Waals surface area contributed by atoms with Crippen molar-refractivity contribution in [3.05, 3.63) is 29.8 Å². The molecule has 0 radical (unpaired) electrons. The van der Waals surface area contributed by atoms with Gasteiger partial charge in [-0.25, -0.2) is 17.2 Å². The normalized spacial score (nSPS) is 11.4. The van der Waals surface area contributed by atoms with E-state index in [0.29, 0.717) is 0 Å². The summed E-state index contributed by atoms with van der Waals surface area (Å²) in [5.41, 5.74) is -0.394. The highest BCUT2D eigenvalue weighted by Crippen LogP contribution is 2.18. The molecular formula is C9H10ClF2NO2S. The molecule has 0 amide bonds. The van der Waals surface area contributed by atoms with E-state index in [9.17, 15) is 17.2 Å². The van der Waals surface area contributed by atoms with Gasteiger partial charge in [-0.15, -0.1) is 11.6 Å². The summed E-state index contributed by atoms with van der Waals surface area (Å²) in [4.78, 5) is 0. The van der Waals surface area contributed by atoms with E-state index in [0.717, 1.165) is 12.1 Å². The Labute approximate surface area is 97.5 Å². The molecule has 7 heteroatoms. The van der Waals surface area contributed by atoms with Crippen LogP contribution < -0.4 is 4.72 Å². The maximum atomic E-state index is 13.1. The van der Waals surface area contributed by atoms with Gasteiger partial charge in [0.25, 0.3) is 0 Å². The monoisotopic (exact) mass is 269 g/mol. The number of alkyl halides is 1. The van der Waals surface area contributed by atoms with Crippen LogP contribution in [-0.2, 0) is 10.0 Å². The summed E-state index contributed by atoms with van der Waals surface area (Å²) in [5, 5.41) is 0. The fourth-order valence-corrected chi connectivity index (χ4v) is 2.46. The minimum Gasteiger partial charge on any atom is -0.280 e. The third-order valence-corrected chi connectivity index (χ3v) is 3.39. The van der Waals surface area contributed by atoms with Crippen molar-refractivity contribution in [3.8, 4) is 0 Å². The molecule has 0 spiro atoms. The maximum Gasteiger partial charge on any atom is 0.232 e. The molecule has 1 aromatic rings. The third kappa shape index (κ3) is 3.61. The minimum absolute atomic E-state index is 0.187. The van der Waals surface area contributed by atoms with Gasteiger partial charge in [-0.2, -0.15) is 0 Å². The smallest absolute Gasteiger partial charge is 0.232 e. The summed E-state index contributed by atoms with van der Waals surface area (Å²) in [5.74, 6) is -2.35. The van der Waals surface area contributed by atoms with Crippen LogP contribution in [0.1, 0.15) is 6.42 Å². The summed E-state index contributed by atoms with van der Waals surface area (Å²) >= 11 is 5.34.